The number of nitrogens with zero attached hydrogens (tertiary/aromatic N) is 1. The first-order valence-electron chi connectivity index (χ1n) is 10.4. The lowest BCUT2D eigenvalue weighted by atomic mass is 9.81. The van der Waals surface area contributed by atoms with Gasteiger partial charge in [0.05, 0.1) is 25.4 Å². The van der Waals surface area contributed by atoms with E-state index in [1.54, 1.807) is 19.2 Å². The number of hydrogen-bond acceptors (Lipinski definition) is 6. The van der Waals surface area contributed by atoms with Crippen molar-refractivity contribution in [2.24, 2.45) is 11.8 Å². The van der Waals surface area contributed by atoms with Gasteiger partial charge in [0, 0.05) is 13.1 Å². The van der Waals surface area contributed by atoms with E-state index in [1.807, 2.05) is 12.1 Å². The van der Waals surface area contributed by atoms with Crippen LogP contribution in [0.3, 0.4) is 0 Å². The van der Waals surface area contributed by atoms with Gasteiger partial charge in [0.25, 0.3) is 5.91 Å². The van der Waals surface area contributed by atoms with Crippen LogP contribution >= 0.6 is 0 Å². The van der Waals surface area contributed by atoms with Crippen molar-refractivity contribution in [1.82, 2.24) is 10.2 Å². The second-order valence-electron chi connectivity index (χ2n) is 7.77. The third-order valence-corrected chi connectivity index (χ3v) is 5.78. The first-order valence-corrected chi connectivity index (χ1v) is 10.4. The summed E-state index contributed by atoms with van der Waals surface area (Å²) < 4.78 is 10.3. The third kappa shape index (κ3) is 4.98. The second kappa shape index (κ2) is 9.73. The molecule has 0 radical (unpaired) electrons. The fourth-order valence-corrected chi connectivity index (χ4v) is 4.04. The highest BCUT2D eigenvalue weighted by Gasteiger charge is 2.47. The van der Waals surface area contributed by atoms with Gasteiger partial charge in [-0.15, -0.1) is 0 Å². The minimum Gasteiger partial charge on any atom is -0.497 e. The number of nitrogens with one attached hydrogen (secondary N) is 1. The Bertz CT molecular complexity index is 782. The summed E-state index contributed by atoms with van der Waals surface area (Å²) in [4.78, 5) is 50.4. The second-order valence-corrected chi connectivity index (χ2v) is 7.77. The van der Waals surface area contributed by atoms with Crippen LogP contribution in [0.5, 0.6) is 5.75 Å². The molecule has 30 heavy (non-hydrogen) atoms. The van der Waals surface area contributed by atoms with Crippen molar-refractivity contribution in [2.45, 2.75) is 51.7 Å². The number of hydrogen-bond donors (Lipinski definition) is 1. The van der Waals surface area contributed by atoms with Gasteiger partial charge in [-0.3, -0.25) is 24.1 Å². The number of fused-ring (bicyclic) bond motifs is 1. The van der Waals surface area contributed by atoms with Gasteiger partial charge in [0.2, 0.25) is 11.8 Å². The number of methoxy groups -OCH3 is 1. The summed E-state index contributed by atoms with van der Waals surface area (Å²) in [6.07, 6.45) is 2.30. The maximum Gasteiger partial charge on any atom is 0.308 e. The molecule has 0 unspecified atom stereocenters. The molecule has 0 bridgehead atoms. The number of rotatable bonds is 8. The number of ether oxygens (including phenoxy) is 2. The third-order valence-electron chi connectivity index (χ3n) is 5.78. The first kappa shape index (κ1) is 21.8. The molecule has 1 saturated heterocycles. The molecule has 3 amide bonds. The average Bonchev–Trinajstić information content (AvgIpc) is 3.01. The summed E-state index contributed by atoms with van der Waals surface area (Å²) in [6.45, 7) is 1.79. The first-order chi connectivity index (χ1) is 14.4. The molecule has 8 heteroatoms. The van der Waals surface area contributed by atoms with Crippen LogP contribution in [0.4, 0.5) is 0 Å². The zero-order chi connectivity index (χ0) is 21.7. The molecule has 0 spiro atoms. The molecule has 1 aliphatic heterocycles. The lowest BCUT2D eigenvalue weighted by Gasteiger charge is -2.19. The van der Waals surface area contributed by atoms with Crippen molar-refractivity contribution < 1.29 is 28.7 Å². The smallest absolute Gasteiger partial charge is 0.308 e. The molecule has 1 N–H and O–H groups in total. The van der Waals surface area contributed by atoms with Crippen LogP contribution in [0.1, 0.15) is 44.6 Å². The van der Waals surface area contributed by atoms with Gasteiger partial charge in [-0.1, -0.05) is 25.0 Å². The number of benzene rings is 1. The van der Waals surface area contributed by atoms with E-state index in [0.29, 0.717) is 6.54 Å². The Balaban J connectivity index is 1.42. The molecule has 3 rings (SSSR count). The van der Waals surface area contributed by atoms with E-state index in [1.165, 1.54) is 11.8 Å². The van der Waals surface area contributed by atoms with Crippen LogP contribution in [-0.2, 0) is 30.5 Å². The summed E-state index contributed by atoms with van der Waals surface area (Å²) in [6, 6.07) is 7.25. The van der Waals surface area contributed by atoms with Gasteiger partial charge in [-0.2, -0.15) is 0 Å². The maximum atomic E-state index is 12.4. The van der Waals surface area contributed by atoms with Crippen molar-refractivity contribution in [3.05, 3.63) is 29.8 Å². The van der Waals surface area contributed by atoms with Gasteiger partial charge in [0.15, 0.2) is 6.10 Å². The summed E-state index contributed by atoms with van der Waals surface area (Å²) >= 11 is 0. The van der Waals surface area contributed by atoms with E-state index in [9.17, 15) is 19.2 Å². The van der Waals surface area contributed by atoms with E-state index in [-0.39, 0.29) is 36.6 Å². The number of imide groups is 1. The Labute approximate surface area is 175 Å². The van der Waals surface area contributed by atoms with E-state index in [4.69, 9.17) is 9.47 Å². The molecular formula is C22H28N2O6. The molecule has 1 aromatic carbocycles. The average molecular weight is 416 g/mol. The minimum atomic E-state index is -0.969. The number of esters is 1. The van der Waals surface area contributed by atoms with Gasteiger partial charge >= 0.3 is 5.97 Å². The molecule has 2 aliphatic rings. The lowest BCUT2D eigenvalue weighted by Crippen LogP contribution is -2.37. The Hall–Kier alpha value is -2.90. The standard InChI is InChI=1S/C22H28N2O6/c1-14(20(26)23-13-15-7-9-16(29-2)10-8-15)30-19(25)11-12-24-21(27)17-5-3-4-6-18(17)22(24)28/h7-10,14,17-18H,3-6,11-13H2,1-2H3,(H,23,26)/t14-,17-,18+/m1/s1. The highest BCUT2D eigenvalue weighted by atomic mass is 16.5. The van der Waals surface area contributed by atoms with Gasteiger partial charge in [-0.05, 0) is 37.5 Å². The fraction of sp³-hybridized carbons (Fsp3) is 0.545. The number of carbonyl (C=O) groups excluding carboxylic acids is 4. The normalized spacial score (nSPS) is 21.7. The summed E-state index contributed by atoms with van der Waals surface area (Å²) in [7, 11) is 1.58. The monoisotopic (exact) mass is 416 g/mol. The number of likely N-dealkylation sites (tertiary alicyclic amines) is 1. The molecule has 3 atom stereocenters. The van der Waals surface area contributed by atoms with Gasteiger partial charge in [0.1, 0.15) is 5.75 Å². The highest BCUT2D eigenvalue weighted by Crippen LogP contribution is 2.37. The van der Waals surface area contributed by atoms with Crippen LogP contribution in [0.2, 0.25) is 0 Å². The van der Waals surface area contributed by atoms with Gasteiger partial charge < -0.3 is 14.8 Å². The summed E-state index contributed by atoms with van der Waals surface area (Å²) in [5.41, 5.74) is 0.884. The van der Waals surface area contributed by atoms with E-state index < -0.39 is 18.0 Å². The van der Waals surface area contributed by atoms with Crippen molar-refractivity contribution in [2.75, 3.05) is 13.7 Å². The summed E-state index contributed by atoms with van der Waals surface area (Å²) in [5, 5.41) is 2.71. The van der Waals surface area contributed by atoms with Crippen LogP contribution < -0.4 is 10.1 Å². The summed E-state index contributed by atoms with van der Waals surface area (Å²) in [5.74, 6) is -1.13. The van der Waals surface area contributed by atoms with Crippen molar-refractivity contribution in [3.63, 3.8) is 0 Å². The molecule has 0 aromatic heterocycles. The van der Waals surface area contributed by atoms with Crippen molar-refractivity contribution >= 4 is 23.7 Å². The Morgan fingerprint density at radius 3 is 2.27 bits per heavy atom. The molecule has 1 saturated carbocycles. The molecule has 1 aromatic rings. The lowest BCUT2D eigenvalue weighted by molar-refractivity contribution is -0.155. The topological polar surface area (TPSA) is 102 Å². The highest BCUT2D eigenvalue weighted by molar-refractivity contribution is 6.05. The predicted octanol–water partition coefficient (Wildman–Crippen LogP) is 1.81. The Kier molecular flexibility index (Phi) is 7.07. The molecule has 8 nitrogen and oxygen atoms in total. The van der Waals surface area contributed by atoms with Crippen molar-refractivity contribution in [3.8, 4) is 5.75 Å². The van der Waals surface area contributed by atoms with E-state index in [2.05, 4.69) is 5.32 Å². The molecule has 1 heterocycles. The SMILES string of the molecule is COc1ccc(CNC(=O)[C@@H](C)OC(=O)CCN2C(=O)[C@H]3CCCC[C@H]3C2=O)cc1. The minimum absolute atomic E-state index is 0.00366. The Morgan fingerprint density at radius 1 is 1.10 bits per heavy atom. The van der Waals surface area contributed by atoms with E-state index >= 15 is 0 Å². The molecule has 1 aliphatic carbocycles. The fourth-order valence-electron chi connectivity index (χ4n) is 4.04. The molecule has 162 valence electrons. The Morgan fingerprint density at radius 2 is 1.70 bits per heavy atom. The number of amides is 3. The van der Waals surface area contributed by atoms with Crippen LogP contribution in [0.25, 0.3) is 0 Å². The van der Waals surface area contributed by atoms with E-state index in [0.717, 1.165) is 37.0 Å². The predicted molar refractivity (Wildman–Crippen MR) is 107 cm³/mol. The quantitative estimate of drug-likeness (QED) is 0.512. The molecule has 2 fully saturated rings. The van der Waals surface area contributed by atoms with Crippen LogP contribution in [0, 0.1) is 11.8 Å². The largest absolute Gasteiger partial charge is 0.497 e. The maximum absolute atomic E-state index is 12.4. The van der Waals surface area contributed by atoms with Crippen LogP contribution in [-0.4, -0.2) is 48.3 Å². The molecular weight excluding hydrogens is 388 g/mol. The zero-order valence-corrected chi connectivity index (χ0v) is 17.4. The van der Waals surface area contributed by atoms with Crippen molar-refractivity contribution in [1.29, 1.82) is 0 Å². The van der Waals surface area contributed by atoms with Gasteiger partial charge in [-0.25, -0.2) is 0 Å². The number of carbonyl (C=O) groups is 4. The van der Waals surface area contributed by atoms with Crippen LogP contribution in [0.15, 0.2) is 24.3 Å². The zero-order valence-electron chi connectivity index (χ0n) is 17.4.